The molecule has 1 atom stereocenters. The number of hydrogen-bond acceptors (Lipinski definition) is 3. The van der Waals surface area contributed by atoms with Crippen molar-refractivity contribution in [2.24, 2.45) is 0 Å². The van der Waals surface area contributed by atoms with E-state index in [1.54, 1.807) is 12.1 Å². The summed E-state index contributed by atoms with van der Waals surface area (Å²) in [4.78, 5) is 24.6. The molecule has 0 aromatic heterocycles. The predicted molar refractivity (Wildman–Crippen MR) is 89.4 cm³/mol. The quantitative estimate of drug-likeness (QED) is 0.801. The largest absolute Gasteiger partial charge is 0.375 e. The third-order valence-corrected chi connectivity index (χ3v) is 4.47. The Morgan fingerprint density at radius 3 is 2.39 bits per heavy atom. The van der Waals surface area contributed by atoms with E-state index in [9.17, 15) is 14.7 Å². The highest BCUT2D eigenvalue weighted by Gasteiger charge is 2.47. The van der Waals surface area contributed by atoms with Crippen LogP contribution in [0.2, 0.25) is 15.1 Å². The van der Waals surface area contributed by atoms with Gasteiger partial charge in [-0.25, -0.2) is 0 Å². The fourth-order valence-corrected chi connectivity index (χ4v) is 3.18. The van der Waals surface area contributed by atoms with Crippen LogP contribution in [0.4, 0.5) is 5.69 Å². The van der Waals surface area contributed by atoms with Gasteiger partial charge in [-0.3, -0.25) is 9.59 Å². The number of Topliss-reactive ketones (excluding diaryl/α,β-unsaturated/α-hetero) is 1. The first-order valence-corrected chi connectivity index (χ1v) is 7.77. The number of rotatable bonds is 3. The van der Waals surface area contributed by atoms with E-state index in [1.807, 2.05) is 0 Å². The van der Waals surface area contributed by atoms with Gasteiger partial charge in [-0.15, -0.1) is 0 Å². The molecule has 0 fully saturated rings. The average molecular weight is 371 g/mol. The molecule has 1 aliphatic heterocycles. The lowest BCUT2D eigenvalue weighted by Gasteiger charge is -2.20. The van der Waals surface area contributed by atoms with E-state index in [1.165, 1.54) is 24.3 Å². The number of halogens is 3. The lowest BCUT2D eigenvalue weighted by molar-refractivity contribution is -0.133. The van der Waals surface area contributed by atoms with Gasteiger partial charge in [-0.05, 0) is 36.4 Å². The molecule has 1 aliphatic rings. The zero-order chi connectivity index (χ0) is 16.8. The first kappa shape index (κ1) is 16.3. The molecule has 0 saturated heterocycles. The smallest absolute Gasteiger partial charge is 0.261 e. The van der Waals surface area contributed by atoms with Crippen LogP contribution in [0, 0.1) is 0 Å². The Balaban J connectivity index is 1.98. The van der Waals surface area contributed by atoms with Crippen LogP contribution in [0.25, 0.3) is 0 Å². The molecule has 0 unspecified atom stereocenters. The number of anilines is 1. The van der Waals surface area contributed by atoms with Crippen LogP contribution in [0.15, 0.2) is 36.4 Å². The highest BCUT2D eigenvalue weighted by Crippen LogP contribution is 2.44. The maximum absolute atomic E-state index is 12.4. The predicted octanol–water partition coefficient (Wildman–Crippen LogP) is 4.06. The van der Waals surface area contributed by atoms with E-state index in [0.717, 1.165) is 0 Å². The van der Waals surface area contributed by atoms with Gasteiger partial charge in [0.1, 0.15) is 0 Å². The van der Waals surface area contributed by atoms with E-state index in [4.69, 9.17) is 34.8 Å². The minimum absolute atomic E-state index is 0.197. The normalized spacial score (nSPS) is 19.4. The molecule has 1 heterocycles. The number of ketones is 1. The SMILES string of the molecule is O=C(C[C@]1(O)C(=O)Nc2c(Cl)cc(Cl)cc21)c1ccc(Cl)cc1. The second kappa shape index (κ2) is 5.80. The van der Waals surface area contributed by atoms with Gasteiger partial charge in [0.25, 0.3) is 5.91 Å². The number of carbonyl (C=O) groups excluding carboxylic acids is 2. The van der Waals surface area contributed by atoms with Crippen molar-refractivity contribution >= 4 is 52.2 Å². The summed E-state index contributed by atoms with van der Waals surface area (Å²) < 4.78 is 0. The zero-order valence-electron chi connectivity index (χ0n) is 11.6. The number of nitrogens with one attached hydrogen (secondary N) is 1. The molecular formula is C16H10Cl3NO3. The van der Waals surface area contributed by atoms with Crippen molar-refractivity contribution in [2.75, 3.05) is 5.32 Å². The highest BCUT2D eigenvalue weighted by atomic mass is 35.5. The Morgan fingerprint density at radius 1 is 1.09 bits per heavy atom. The summed E-state index contributed by atoms with van der Waals surface area (Å²) >= 11 is 17.8. The molecule has 118 valence electrons. The maximum atomic E-state index is 12.4. The van der Waals surface area contributed by atoms with Gasteiger partial charge in [-0.2, -0.15) is 0 Å². The minimum Gasteiger partial charge on any atom is -0.375 e. The molecule has 0 radical (unpaired) electrons. The van der Waals surface area contributed by atoms with Crippen LogP contribution < -0.4 is 5.32 Å². The fourth-order valence-electron chi connectivity index (χ4n) is 2.51. The van der Waals surface area contributed by atoms with E-state index in [2.05, 4.69) is 5.32 Å². The summed E-state index contributed by atoms with van der Waals surface area (Å²) in [5, 5.41) is 14.2. The number of carbonyl (C=O) groups is 2. The fraction of sp³-hybridized carbons (Fsp3) is 0.125. The van der Waals surface area contributed by atoms with Gasteiger partial charge < -0.3 is 10.4 Å². The van der Waals surface area contributed by atoms with E-state index >= 15 is 0 Å². The van der Waals surface area contributed by atoms with Gasteiger partial charge in [0, 0.05) is 21.2 Å². The van der Waals surface area contributed by atoms with Crippen LogP contribution in [0.5, 0.6) is 0 Å². The summed E-state index contributed by atoms with van der Waals surface area (Å²) in [5.74, 6) is -1.11. The highest BCUT2D eigenvalue weighted by molar-refractivity contribution is 6.38. The minimum atomic E-state index is -2.01. The van der Waals surface area contributed by atoms with Crippen molar-refractivity contribution in [3.05, 3.63) is 62.6 Å². The molecule has 0 bridgehead atoms. The Labute approximate surface area is 147 Å². The van der Waals surface area contributed by atoms with Crippen molar-refractivity contribution in [3.8, 4) is 0 Å². The van der Waals surface area contributed by atoms with Gasteiger partial charge in [0.2, 0.25) is 0 Å². The molecule has 2 aromatic carbocycles. The maximum Gasteiger partial charge on any atom is 0.261 e. The van der Waals surface area contributed by atoms with Gasteiger partial charge in [-0.1, -0.05) is 34.8 Å². The van der Waals surface area contributed by atoms with Gasteiger partial charge in [0.15, 0.2) is 11.4 Å². The standard InChI is InChI=1S/C16H10Cl3NO3/c17-9-3-1-8(2-4-9)13(21)7-16(23)11-5-10(18)6-12(19)14(11)20-15(16)22/h1-6,23H,7H2,(H,20,22)/t16-/m1/s1. The van der Waals surface area contributed by atoms with Crippen LogP contribution in [0.3, 0.4) is 0 Å². The summed E-state index contributed by atoms with van der Waals surface area (Å²) in [7, 11) is 0. The molecule has 2 N–H and O–H groups in total. The van der Waals surface area contributed by atoms with E-state index < -0.39 is 23.7 Å². The van der Waals surface area contributed by atoms with Gasteiger partial charge >= 0.3 is 0 Å². The van der Waals surface area contributed by atoms with Crippen molar-refractivity contribution in [1.82, 2.24) is 0 Å². The van der Waals surface area contributed by atoms with Crippen molar-refractivity contribution in [3.63, 3.8) is 0 Å². The Hall–Kier alpha value is -1.59. The van der Waals surface area contributed by atoms with Crippen molar-refractivity contribution in [1.29, 1.82) is 0 Å². The lowest BCUT2D eigenvalue weighted by Crippen LogP contribution is -2.36. The number of amides is 1. The van der Waals surface area contributed by atoms with Crippen LogP contribution in [-0.4, -0.2) is 16.8 Å². The summed E-state index contributed by atoms with van der Waals surface area (Å²) in [6, 6.07) is 9.08. The van der Waals surface area contributed by atoms with Crippen LogP contribution in [0.1, 0.15) is 22.3 Å². The first-order chi connectivity index (χ1) is 10.8. The third-order valence-electron chi connectivity index (χ3n) is 3.70. The topological polar surface area (TPSA) is 66.4 Å². The Kier molecular flexibility index (Phi) is 4.10. The molecule has 23 heavy (non-hydrogen) atoms. The summed E-state index contributed by atoms with van der Waals surface area (Å²) in [6.45, 7) is 0. The lowest BCUT2D eigenvalue weighted by atomic mass is 9.88. The molecule has 0 aliphatic carbocycles. The van der Waals surface area contributed by atoms with Crippen molar-refractivity contribution in [2.45, 2.75) is 12.0 Å². The summed E-state index contributed by atoms with van der Waals surface area (Å²) in [6.07, 6.45) is -0.426. The first-order valence-electron chi connectivity index (χ1n) is 6.63. The second-order valence-corrected chi connectivity index (χ2v) is 6.51. The van der Waals surface area contributed by atoms with Gasteiger partial charge in [0.05, 0.1) is 17.1 Å². The molecule has 3 rings (SSSR count). The summed E-state index contributed by atoms with van der Waals surface area (Å²) in [5.41, 5.74) is -1.20. The van der Waals surface area contributed by atoms with E-state index in [-0.39, 0.29) is 21.3 Å². The third kappa shape index (κ3) is 2.83. The number of aliphatic hydroxyl groups is 1. The molecule has 0 spiro atoms. The van der Waals surface area contributed by atoms with Crippen molar-refractivity contribution < 1.29 is 14.7 Å². The Bertz CT molecular complexity index is 820. The zero-order valence-corrected chi connectivity index (χ0v) is 13.8. The number of benzene rings is 2. The van der Waals surface area contributed by atoms with Crippen LogP contribution >= 0.6 is 34.8 Å². The second-order valence-electron chi connectivity index (χ2n) is 5.23. The average Bonchev–Trinajstić information content (AvgIpc) is 2.73. The molecule has 1 amide bonds. The molecule has 2 aromatic rings. The van der Waals surface area contributed by atoms with E-state index in [0.29, 0.717) is 10.6 Å². The molecule has 0 saturated carbocycles. The number of fused-ring (bicyclic) bond motifs is 1. The monoisotopic (exact) mass is 369 g/mol. The molecule has 7 heteroatoms. The number of hydrogen-bond donors (Lipinski definition) is 2. The molecular weight excluding hydrogens is 361 g/mol. The molecule has 4 nitrogen and oxygen atoms in total. The van der Waals surface area contributed by atoms with Crippen LogP contribution in [-0.2, 0) is 10.4 Å². The Morgan fingerprint density at radius 2 is 1.74 bits per heavy atom.